The molecule has 0 aliphatic carbocycles. The number of aliphatic hydroxyl groups excluding tert-OH is 1. The molecule has 0 amide bonds. The summed E-state index contributed by atoms with van der Waals surface area (Å²) in [6.07, 6.45) is 14.0. The average Bonchev–Trinajstić information content (AvgIpc) is 2.51. The van der Waals surface area contributed by atoms with Crippen molar-refractivity contribution in [3.05, 3.63) is 0 Å². The molecule has 6 heteroatoms. The maximum absolute atomic E-state index is 11.3. The first-order chi connectivity index (χ1) is 11.4. The molecule has 0 saturated heterocycles. The Kier molecular flexibility index (Phi) is 21.7. The maximum atomic E-state index is 11.3. The minimum atomic E-state index is -4.15. The average molecular weight is 403 g/mol. The van der Waals surface area contributed by atoms with Gasteiger partial charge in [0, 0.05) is 5.25 Å². The summed E-state index contributed by atoms with van der Waals surface area (Å²) in [5, 5.41) is 8.96. The van der Waals surface area contributed by atoms with Crippen molar-refractivity contribution < 1.29 is 69.5 Å². The molecule has 0 spiro atoms. The Morgan fingerprint density at radius 2 is 1.16 bits per heavy atom. The monoisotopic (exact) mass is 402 g/mol. The van der Waals surface area contributed by atoms with Gasteiger partial charge in [0.2, 0.25) is 0 Å². The van der Waals surface area contributed by atoms with Crippen molar-refractivity contribution in [3.63, 3.8) is 0 Å². The first-order valence-corrected chi connectivity index (χ1v) is 11.5. The molecule has 2 atom stereocenters. The normalized spacial score (nSPS) is 14.1. The smallest absolute Gasteiger partial charge is 0.748 e. The van der Waals surface area contributed by atoms with Crippen LogP contribution in [0.3, 0.4) is 0 Å². The molecule has 2 unspecified atom stereocenters. The van der Waals surface area contributed by atoms with Crippen molar-refractivity contribution in [2.75, 3.05) is 0 Å². The third-order valence-corrected chi connectivity index (χ3v) is 6.01. The van der Waals surface area contributed by atoms with E-state index in [0.717, 1.165) is 83.5 Å². The van der Waals surface area contributed by atoms with E-state index in [0.29, 0.717) is 12.8 Å². The maximum Gasteiger partial charge on any atom is 1.00 e. The van der Waals surface area contributed by atoms with Crippen LogP contribution >= 0.6 is 0 Å². The Hall–Kier alpha value is 1.51. The van der Waals surface area contributed by atoms with Crippen LogP contribution in [-0.2, 0) is 10.1 Å². The van der Waals surface area contributed by atoms with Crippen molar-refractivity contribution in [1.82, 2.24) is 0 Å². The van der Waals surface area contributed by atoms with Crippen molar-refractivity contribution in [3.8, 4) is 0 Å². The molecule has 0 aromatic carbocycles. The van der Waals surface area contributed by atoms with Crippen LogP contribution in [0, 0.1) is 0 Å². The summed E-state index contributed by atoms with van der Waals surface area (Å²) < 4.78 is 34.0. The molecule has 25 heavy (non-hydrogen) atoms. The fraction of sp³-hybridized carbons (Fsp3) is 1.00. The number of rotatable bonds is 17. The quantitative estimate of drug-likeness (QED) is 0.230. The van der Waals surface area contributed by atoms with E-state index in [9.17, 15) is 18.1 Å². The molecule has 1 N–H and O–H groups in total. The Morgan fingerprint density at radius 3 is 1.60 bits per heavy atom. The summed E-state index contributed by atoms with van der Waals surface area (Å²) in [6, 6.07) is 0. The van der Waals surface area contributed by atoms with Gasteiger partial charge in [0.25, 0.3) is 0 Å². The van der Waals surface area contributed by atoms with Crippen LogP contribution < -0.4 is 51.4 Å². The van der Waals surface area contributed by atoms with Crippen molar-refractivity contribution >= 4 is 10.1 Å². The second-order valence-electron chi connectivity index (χ2n) is 7.11. The largest absolute Gasteiger partial charge is 1.00 e. The summed E-state index contributed by atoms with van der Waals surface area (Å²) in [5.74, 6) is 0. The first kappa shape index (κ1) is 28.7. The second-order valence-corrected chi connectivity index (χ2v) is 8.76. The Balaban J connectivity index is 0. The summed E-state index contributed by atoms with van der Waals surface area (Å²) in [6.45, 7) is 4.20. The summed E-state index contributed by atoms with van der Waals surface area (Å²) in [7, 11) is -4.15. The molecule has 0 rings (SSSR count). The fourth-order valence-electron chi connectivity index (χ4n) is 3.17. The van der Waals surface area contributed by atoms with E-state index in [2.05, 4.69) is 13.8 Å². The van der Waals surface area contributed by atoms with Gasteiger partial charge < -0.3 is 9.66 Å². The van der Waals surface area contributed by atoms with Crippen molar-refractivity contribution in [2.24, 2.45) is 0 Å². The molecule has 0 heterocycles. The van der Waals surface area contributed by atoms with Crippen molar-refractivity contribution in [1.29, 1.82) is 0 Å². The molecule has 0 radical (unpaired) electrons. The van der Waals surface area contributed by atoms with Crippen LogP contribution in [0.5, 0.6) is 0 Å². The summed E-state index contributed by atoms with van der Waals surface area (Å²) in [5.41, 5.74) is 0. The van der Waals surface area contributed by atoms with Crippen LogP contribution in [0.2, 0.25) is 0 Å². The summed E-state index contributed by atoms with van der Waals surface area (Å²) >= 11 is 0. The SMILES string of the molecule is CCCCCCC(CCCCCCCCC(O)CCC)S(=O)(=O)[O-].[K+]. The van der Waals surface area contributed by atoms with Crippen LogP contribution in [0.4, 0.5) is 0 Å². The van der Waals surface area contributed by atoms with E-state index in [-0.39, 0.29) is 57.5 Å². The van der Waals surface area contributed by atoms with Gasteiger partial charge in [-0.15, -0.1) is 0 Å². The van der Waals surface area contributed by atoms with E-state index in [4.69, 9.17) is 0 Å². The summed E-state index contributed by atoms with van der Waals surface area (Å²) in [4.78, 5) is 0. The third kappa shape index (κ3) is 18.6. The van der Waals surface area contributed by atoms with Gasteiger partial charge in [0.15, 0.2) is 0 Å². The van der Waals surface area contributed by atoms with Crippen LogP contribution in [0.1, 0.15) is 110 Å². The Morgan fingerprint density at radius 1 is 0.720 bits per heavy atom. The fourth-order valence-corrected chi connectivity index (χ4v) is 4.08. The molecule has 0 aromatic heterocycles. The predicted octanol–water partition coefficient (Wildman–Crippen LogP) is 2.16. The zero-order valence-corrected chi connectivity index (χ0v) is 20.8. The Labute approximate surface area is 199 Å². The molecule has 0 fully saturated rings. The van der Waals surface area contributed by atoms with Gasteiger partial charge in [-0.05, 0) is 25.7 Å². The van der Waals surface area contributed by atoms with Gasteiger partial charge in [0.1, 0.15) is 0 Å². The number of aliphatic hydroxyl groups is 1. The molecule has 0 aliphatic heterocycles. The van der Waals surface area contributed by atoms with E-state index < -0.39 is 15.4 Å². The predicted molar refractivity (Wildman–Crippen MR) is 100 cm³/mol. The molecule has 4 nitrogen and oxygen atoms in total. The zero-order chi connectivity index (χ0) is 18.3. The minimum Gasteiger partial charge on any atom is -0.748 e. The number of hydrogen-bond donors (Lipinski definition) is 1. The molecule has 0 aromatic rings. The number of hydrogen-bond acceptors (Lipinski definition) is 4. The molecular weight excluding hydrogens is 363 g/mol. The molecular formula is C19H39KO4S. The van der Waals surface area contributed by atoms with Crippen LogP contribution in [0.25, 0.3) is 0 Å². The molecule has 146 valence electrons. The van der Waals surface area contributed by atoms with E-state index in [1.165, 1.54) is 0 Å². The zero-order valence-electron chi connectivity index (χ0n) is 16.8. The Bertz CT molecular complexity index is 374. The van der Waals surface area contributed by atoms with Crippen LogP contribution in [-0.4, -0.2) is 29.4 Å². The van der Waals surface area contributed by atoms with Gasteiger partial charge in [-0.3, -0.25) is 0 Å². The standard InChI is InChI=1S/C19H40O4S.K/c1-3-5-6-12-16-19(24(21,22)23)17-13-10-8-7-9-11-15-18(20)14-4-2;/h18-20H,3-17H2,1-2H3,(H,21,22,23);/q;+1/p-1. The second kappa shape index (κ2) is 18.9. The van der Waals surface area contributed by atoms with Gasteiger partial charge in [-0.25, -0.2) is 8.42 Å². The van der Waals surface area contributed by atoms with E-state index in [1.807, 2.05) is 0 Å². The van der Waals surface area contributed by atoms with Gasteiger partial charge >= 0.3 is 51.4 Å². The van der Waals surface area contributed by atoms with Gasteiger partial charge in [-0.2, -0.15) is 0 Å². The first-order valence-electron chi connectivity index (χ1n) is 10.0. The van der Waals surface area contributed by atoms with Gasteiger partial charge in [-0.1, -0.05) is 84.5 Å². The molecule has 0 aliphatic rings. The van der Waals surface area contributed by atoms with E-state index >= 15 is 0 Å². The molecule has 0 bridgehead atoms. The third-order valence-electron chi connectivity index (χ3n) is 4.72. The molecule has 0 saturated carbocycles. The van der Waals surface area contributed by atoms with E-state index in [1.54, 1.807) is 0 Å². The minimum absolute atomic E-state index is 0. The van der Waals surface area contributed by atoms with Crippen LogP contribution in [0.15, 0.2) is 0 Å². The topological polar surface area (TPSA) is 77.4 Å². The number of unbranched alkanes of at least 4 members (excludes halogenated alkanes) is 8. The van der Waals surface area contributed by atoms with Gasteiger partial charge in [0.05, 0.1) is 16.2 Å². The van der Waals surface area contributed by atoms with Crippen molar-refractivity contribution in [2.45, 2.75) is 122 Å².